The molecule has 0 aliphatic carbocycles. The van der Waals surface area contributed by atoms with Crippen LogP contribution in [0.1, 0.15) is 5.48 Å². The van der Waals surface area contributed by atoms with Crippen LogP contribution in [0.25, 0.3) is 55.0 Å². The van der Waals surface area contributed by atoms with Crippen LogP contribution in [0, 0.1) is 0 Å². The molecule has 0 fully saturated rings. The van der Waals surface area contributed by atoms with Gasteiger partial charge in [0.05, 0.1) is 27.5 Å². The highest BCUT2D eigenvalue weighted by atomic mass is 15.0. The molecule has 0 aliphatic rings. The summed E-state index contributed by atoms with van der Waals surface area (Å²) in [6.45, 7) is 0. The summed E-state index contributed by atoms with van der Waals surface area (Å²) in [5.41, 5.74) is 5.92. The van der Waals surface area contributed by atoms with Crippen LogP contribution in [0.3, 0.4) is 0 Å². The molecule has 0 N–H and O–H groups in total. The van der Waals surface area contributed by atoms with E-state index in [1.54, 1.807) is 24.3 Å². The SMILES string of the molecule is [2H]c1ccc2c(c1)c1cc([2H])ccc1n2-c1cccc(-n2c3ccc([2H])cc3c3cc([2H])ccc32)c1. The highest BCUT2D eigenvalue weighted by molar-refractivity contribution is 6.10. The van der Waals surface area contributed by atoms with Gasteiger partial charge in [-0.2, -0.15) is 0 Å². The Morgan fingerprint density at radius 3 is 1.09 bits per heavy atom. The van der Waals surface area contributed by atoms with Gasteiger partial charge in [0.1, 0.15) is 0 Å². The molecular weight excluding hydrogens is 388 g/mol. The molecule has 0 radical (unpaired) electrons. The van der Waals surface area contributed by atoms with Crippen molar-refractivity contribution in [2.45, 2.75) is 0 Å². The molecule has 0 bridgehead atoms. The maximum Gasteiger partial charge on any atom is 0.0623 e. The standard InChI is InChI=1S/C30H20N2/c1-5-16-27-23(12-1)24-13-2-6-17-28(24)31(27)21-10-9-11-22(20-21)32-29-18-7-3-14-25(29)26-15-4-8-19-30(26)32/h1-20H/i1D,2D,3D,4D. The van der Waals surface area contributed by atoms with Crippen LogP contribution in [0.15, 0.2) is 121 Å². The molecule has 7 aromatic rings. The van der Waals surface area contributed by atoms with Gasteiger partial charge >= 0.3 is 0 Å². The fourth-order valence-corrected chi connectivity index (χ4v) is 4.92. The average Bonchev–Trinajstić information content (AvgIpc) is 3.35. The Kier molecular flexibility index (Phi) is 2.86. The van der Waals surface area contributed by atoms with E-state index in [2.05, 4.69) is 27.3 Å². The van der Waals surface area contributed by atoms with Crippen molar-refractivity contribution in [3.8, 4) is 11.4 Å². The Hall–Kier alpha value is -4.30. The third-order valence-corrected chi connectivity index (χ3v) is 6.25. The fourth-order valence-electron chi connectivity index (χ4n) is 4.92. The summed E-state index contributed by atoms with van der Waals surface area (Å²) >= 11 is 0. The molecular formula is C30H20N2. The number of rotatable bonds is 2. The normalized spacial score (nSPS) is 13.5. The van der Waals surface area contributed by atoms with Crippen molar-refractivity contribution < 1.29 is 5.48 Å². The molecule has 0 amide bonds. The van der Waals surface area contributed by atoms with Gasteiger partial charge in [0.25, 0.3) is 0 Å². The molecule has 7 rings (SSSR count). The van der Waals surface area contributed by atoms with Crippen LogP contribution < -0.4 is 0 Å². The number of fused-ring (bicyclic) bond motifs is 6. The lowest BCUT2D eigenvalue weighted by Gasteiger charge is -2.12. The lowest BCUT2D eigenvalue weighted by Crippen LogP contribution is -1.98. The lowest BCUT2D eigenvalue weighted by atomic mass is 10.2. The second-order valence-corrected chi connectivity index (χ2v) is 7.96. The Morgan fingerprint density at radius 2 is 0.750 bits per heavy atom. The molecule has 0 unspecified atom stereocenters. The van der Waals surface area contributed by atoms with E-state index < -0.39 is 0 Å². The van der Waals surface area contributed by atoms with Crippen molar-refractivity contribution in [2.75, 3.05) is 0 Å². The molecule has 5 aromatic carbocycles. The largest absolute Gasteiger partial charge is 0.309 e. The first-order valence-electron chi connectivity index (χ1n) is 12.6. The number of nitrogens with zero attached hydrogens (tertiary/aromatic N) is 2. The summed E-state index contributed by atoms with van der Waals surface area (Å²) in [6, 6.07) is 32.6. The summed E-state index contributed by atoms with van der Waals surface area (Å²) in [7, 11) is 0. The van der Waals surface area contributed by atoms with Crippen molar-refractivity contribution >= 4 is 43.6 Å². The van der Waals surface area contributed by atoms with Crippen LogP contribution in [0.2, 0.25) is 0 Å². The predicted molar refractivity (Wildman–Crippen MR) is 135 cm³/mol. The number of para-hydroxylation sites is 4. The van der Waals surface area contributed by atoms with Gasteiger partial charge in [-0.15, -0.1) is 0 Å². The smallest absolute Gasteiger partial charge is 0.0623 e. The molecule has 0 saturated heterocycles. The zero-order valence-corrected chi connectivity index (χ0v) is 17.1. The van der Waals surface area contributed by atoms with Crippen molar-refractivity contribution in [1.29, 1.82) is 0 Å². The minimum absolute atomic E-state index is 0.443. The summed E-state index contributed by atoms with van der Waals surface area (Å²) in [5, 5.41) is 3.83. The second-order valence-electron chi connectivity index (χ2n) is 7.96. The van der Waals surface area contributed by atoms with Gasteiger partial charge in [-0.3, -0.25) is 0 Å². The van der Waals surface area contributed by atoms with Crippen LogP contribution in [-0.4, -0.2) is 9.13 Å². The summed E-state index contributed by atoms with van der Waals surface area (Å²) in [6.07, 6.45) is 0. The van der Waals surface area contributed by atoms with E-state index in [1.807, 2.05) is 54.6 Å². The van der Waals surface area contributed by atoms with Gasteiger partial charge in [0, 0.05) is 32.9 Å². The third-order valence-electron chi connectivity index (χ3n) is 6.25. The molecule has 0 atom stereocenters. The maximum atomic E-state index is 8.15. The Bertz CT molecular complexity index is 1740. The van der Waals surface area contributed by atoms with Crippen molar-refractivity contribution in [2.24, 2.45) is 0 Å². The predicted octanol–water partition coefficient (Wildman–Crippen LogP) is 7.88. The molecule has 2 heterocycles. The second kappa shape index (κ2) is 6.60. The zero-order chi connectivity index (χ0) is 24.6. The molecule has 0 aliphatic heterocycles. The molecule has 2 aromatic heterocycles. The first-order valence-corrected chi connectivity index (χ1v) is 10.6. The lowest BCUT2D eigenvalue weighted by molar-refractivity contribution is 1.13. The molecule has 150 valence electrons. The summed E-state index contributed by atoms with van der Waals surface area (Å²) in [4.78, 5) is 0. The topological polar surface area (TPSA) is 9.86 Å². The first kappa shape index (κ1) is 13.9. The van der Waals surface area contributed by atoms with Gasteiger partial charge in [-0.1, -0.05) is 78.8 Å². The molecule has 32 heavy (non-hydrogen) atoms. The first-order chi connectivity index (χ1) is 17.5. The van der Waals surface area contributed by atoms with E-state index in [4.69, 9.17) is 5.48 Å². The van der Waals surface area contributed by atoms with Crippen LogP contribution in [0.4, 0.5) is 0 Å². The summed E-state index contributed by atoms with van der Waals surface area (Å²) in [5.74, 6) is 0. The number of aromatic nitrogens is 2. The highest BCUT2D eigenvalue weighted by Crippen LogP contribution is 2.35. The minimum atomic E-state index is 0.443. The molecule has 2 heteroatoms. The van der Waals surface area contributed by atoms with E-state index >= 15 is 0 Å². The van der Waals surface area contributed by atoms with Crippen molar-refractivity contribution in [3.05, 3.63) is 121 Å². The monoisotopic (exact) mass is 412 g/mol. The Labute approximate surface area is 191 Å². The van der Waals surface area contributed by atoms with Crippen molar-refractivity contribution in [3.63, 3.8) is 0 Å². The van der Waals surface area contributed by atoms with Gasteiger partial charge in [0.2, 0.25) is 0 Å². The quantitative estimate of drug-likeness (QED) is 0.273. The van der Waals surface area contributed by atoms with Crippen LogP contribution in [-0.2, 0) is 0 Å². The zero-order valence-electron chi connectivity index (χ0n) is 21.1. The third kappa shape index (κ3) is 2.35. The Morgan fingerprint density at radius 1 is 0.406 bits per heavy atom. The number of hydrogen-bond acceptors (Lipinski definition) is 0. The van der Waals surface area contributed by atoms with Gasteiger partial charge in [-0.05, 0) is 42.5 Å². The van der Waals surface area contributed by atoms with E-state index in [0.717, 1.165) is 55.0 Å². The highest BCUT2D eigenvalue weighted by Gasteiger charge is 2.14. The molecule has 0 spiro atoms. The van der Waals surface area contributed by atoms with Crippen LogP contribution >= 0.6 is 0 Å². The maximum absolute atomic E-state index is 8.15. The van der Waals surface area contributed by atoms with Crippen molar-refractivity contribution in [1.82, 2.24) is 9.13 Å². The summed E-state index contributed by atoms with van der Waals surface area (Å²) < 4.78 is 37.0. The minimum Gasteiger partial charge on any atom is -0.309 e. The number of benzene rings is 5. The fraction of sp³-hybridized carbons (Fsp3) is 0. The van der Waals surface area contributed by atoms with E-state index in [-0.39, 0.29) is 0 Å². The van der Waals surface area contributed by atoms with Gasteiger partial charge < -0.3 is 9.13 Å². The molecule has 2 nitrogen and oxygen atoms in total. The van der Waals surface area contributed by atoms with E-state index in [1.165, 1.54) is 0 Å². The van der Waals surface area contributed by atoms with Crippen LogP contribution in [0.5, 0.6) is 0 Å². The number of hydrogen-bond donors (Lipinski definition) is 0. The Balaban J connectivity index is 1.54. The van der Waals surface area contributed by atoms with E-state index in [9.17, 15) is 0 Å². The van der Waals surface area contributed by atoms with Gasteiger partial charge in [0.15, 0.2) is 0 Å². The van der Waals surface area contributed by atoms with E-state index in [0.29, 0.717) is 24.2 Å². The van der Waals surface area contributed by atoms with Gasteiger partial charge in [-0.25, -0.2) is 0 Å². The average molecular weight is 413 g/mol. The molecule has 0 saturated carbocycles.